The number of anilines is 2. The number of thiocarbonyl (C=S) groups is 2. The van der Waals surface area contributed by atoms with Gasteiger partial charge in [0.05, 0.1) is 21.7 Å². The van der Waals surface area contributed by atoms with E-state index in [1.807, 2.05) is 60.7 Å². The SMILES string of the molecule is O=C(N[C@@H](Cc1ccccc1)C(=O)NCCNC(=S)Nc1ccc([N+](=O)[O-])cc1)[C]1[CH][CH][CH][CH]1.O=C(N[C@@H](Cc1ccccc1)C(=O)NCCNC(=S)Nc1ccc([N+](=O)[O-])cc1)[C]1[CH][CH][CH][CH]1.[Fe+2]. The summed E-state index contributed by atoms with van der Waals surface area (Å²) in [5.74, 6) is -0.245. The fraction of sp³-hybridized carbons (Fsp3) is 0.167. The van der Waals surface area contributed by atoms with Gasteiger partial charge in [0.15, 0.2) is 10.2 Å². The summed E-state index contributed by atoms with van der Waals surface area (Å²) in [6.45, 7) is 1.25. The first-order valence-corrected chi connectivity index (χ1v) is 21.9. The summed E-state index contributed by atoms with van der Waals surface area (Å²) in [4.78, 5) is 71.1. The van der Waals surface area contributed by atoms with Crippen molar-refractivity contribution in [2.45, 2.75) is 24.9 Å². The molecule has 18 nitrogen and oxygen atoms in total. The average molecular weight is 1010 g/mol. The summed E-state index contributed by atoms with van der Waals surface area (Å²) >= 11 is 10.4. The van der Waals surface area contributed by atoms with Gasteiger partial charge in [0.2, 0.25) is 23.6 Å². The number of nitrogens with one attached hydrogen (secondary N) is 8. The molecule has 2 aliphatic carbocycles. The molecule has 2 atom stereocenters. The van der Waals surface area contributed by atoms with Crippen LogP contribution in [0.4, 0.5) is 22.7 Å². The van der Waals surface area contributed by atoms with Crippen LogP contribution in [0.15, 0.2) is 109 Å². The quantitative estimate of drug-likeness (QED) is 0.0203. The molecule has 4 aromatic carbocycles. The van der Waals surface area contributed by atoms with E-state index in [0.717, 1.165) is 11.1 Å². The number of nitro benzene ring substituents is 2. The minimum atomic E-state index is -0.741. The van der Waals surface area contributed by atoms with Gasteiger partial charge in [-0.05, 0) is 111 Å². The number of carbonyl (C=O) groups excluding carboxylic acids is 4. The van der Waals surface area contributed by atoms with Crippen molar-refractivity contribution in [3.63, 3.8) is 0 Å². The molecular weight excluding hydrogens is 965 g/mol. The van der Waals surface area contributed by atoms with Crippen LogP contribution in [0.2, 0.25) is 0 Å². The van der Waals surface area contributed by atoms with Crippen LogP contribution in [0.1, 0.15) is 11.1 Å². The third-order valence-electron chi connectivity index (χ3n) is 9.75. The van der Waals surface area contributed by atoms with Crippen LogP contribution < -0.4 is 42.5 Å². The molecule has 2 aliphatic rings. The number of hydrogen-bond donors (Lipinski definition) is 8. The summed E-state index contributed by atoms with van der Waals surface area (Å²) < 4.78 is 0. The normalized spacial score (nSPS) is 13.9. The van der Waals surface area contributed by atoms with E-state index in [1.165, 1.54) is 24.3 Å². The van der Waals surface area contributed by atoms with Gasteiger partial charge in [0, 0.05) is 74.7 Å². The van der Waals surface area contributed by atoms with Gasteiger partial charge in [-0.15, -0.1) is 0 Å². The van der Waals surface area contributed by atoms with E-state index >= 15 is 0 Å². The molecule has 356 valence electrons. The summed E-state index contributed by atoms with van der Waals surface area (Å²) in [5, 5.41) is 45.1. The standard InChI is InChI=1S/2C24H24N5O4S.Fe/c2*30-22(18-8-4-5-9-18)28-21(16-17-6-2-1-3-7-17)23(31)25-14-15-26-24(34)27-19-10-12-20(13-11-19)29(32)33;/h2*1-13,21H,14-16H2,(H,25,31)(H,28,30)(H2,26,27,34);/q;;+2/t2*21-;/m00./s1. The molecule has 8 N–H and O–H groups in total. The first-order chi connectivity index (χ1) is 32.8. The predicted octanol–water partition coefficient (Wildman–Crippen LogP) is 4.26. The van der Waals surface area contributed by atoms with Crippen LogP contribution in [-0.4, -0.2) is 82.0 Å². The summed E-state index contributed by atoms with van der Waals surface area (Å²) in [5.41, 5.74) is 3.04. The van der Waals surface area contributed by atoms with E-state index in [4.69, 9.17) is 24.4 Å². The van der Waals surface area contributed by atoms with Crippen molar-refractivity contribution in [1.29, 1.82) is 0 Å². The summed E-state index contributed by atoms with van der Waals surface area (Å²) in [6, 6.07) is 29.1. The molecule has 2 saturated carbocycles. The van der Waals surface area contributed by atoms with Crippen LogP contribution in [0.3, 0.4) is 0 Å². The smallest absolute Gasteiger partial charge is 0.361 e. The van der Waals surface area contributed by atoms with Crippen LogP contribution in [0.5, 0.6) is 0 Å². The van der Waals surface area contributed by atoms with Gasteiger partial charge in [-0.25, -0.2) is 0 Å². The third kappa shape index (κ3) is 19.5. The van der Waals surface area contributed by atoms with E-state index in [0.29, 0.717) is 59.4 Å². The van der Waals surface area contributed by atoms with Crippen molar-refractivity contribution < 1.29 is 46.1 Å². The largest absolute Gasteiger partial charge is 2.00 e. The molecule has 4 amide bonds. The number of non-ortho nitro benzene ring substituents is 2. The van der Waals surface area contributed by atoms with Crippen LogP contribution in [0, 0.1) is 83.4 Å². The molecule has 0 heterocycles. The number of benzene rings is 4. The molecule has 4 aromatic rings. The molecular formula is C48H48FeN10O8S2+2. The van der Waals surface area contributed by atoms with Crippen molar-refractivity contribution in [1.82, 2.24) is 31.9 Å². The molecule has 0 aromatic heterocycles. The number of hydrogen-bond acceptors (Lipinski definition) is 10. The zero-order valence-corrected chi connectivity index (χ0v) is 39.5. The Labute approximate surface area is 422 Å². The predicted molar refractivity (Wildman–Crippen MR) is 266 cm³/mol. The number of rotatable bonds is 20. The van der Waals surface area contributed by atoms with Crippen molar-refractivity contribution >= 4 is 81.0 Å². The first kappa shape index (κ1) is 55.1. The minimum Gasteiger partial charge on any atom is -0.361 e. The van der Waals surface area contributed by atoms with Crippen LogP contribution in [0.25, 0.3) is 0 Å². The molecule has 0 aliphatic heterocycles. The Kier molecular flexibility index (Phi) is 23.4. The molecule has 0 bridgehead atoms. The van der Waals surface area contributed by atoms with Crippen LogP contribution in [-0.2, 0) is 49.1 Å². The van der Waals surface area contributed by atoms with Gasteiger partial charge in [0.1, 0.15) is 12.1 Å². The maximum Gasteiger partial charge on any atom is 2.00 e. The molecule has 69 heavy (non-hydrogen) atoms. The van der Waals surface area contributed by atoms with Gasteiger partial charge < -0.3 is 42.5 Å². The number of carbonyl (C=O) groups is 4. The maximum absolute atomic E-state index is 12.8. The fourth-order valence-electron chi connectivity index (χ4n) is 6.31. The van der Waals surface area contributed by atoms with Crippen molar-refractivity contribution in [3.05, 3.63) is 204 Å². The minimum absolute atomic E-state index is 0. The van der Waals surface area contributed by atoms with Gasteiger partial charge >= 0.3 is 17.1 Å². The van der Waals surface area contributed by atoms with Gasteiger partial charge in [-0.2, -0.15) is 0 Å². The number of nitro groups is 2. The second-order valence-electron chi connectivity index (χ2n) is 14.7. The van der Waals surface area contributed by atoms with Gasteiger partial charge in [-0.3, -0.25) is 39.4 Å². The Hall–Kier alpha value is -6.54. The molecule has 10 radical (unpaired) electrons. The van der Waals surface area contributed by atoms with E-state index < -0.39 is 21.9 Å². The number of nitrogens with zero attached hydrogens (tertiary/aromatic N) is 2. The first-order valence-electron chi connectivity index (χ1n) is 21.1. The summed E-state index contributed by atoms with van der Waals surface area (Å²) in [6.07, 6.45) is 14.5. The molecule has 0 unspecified atom stereocenters. The second-order valence-corrected chi connectivity index (χ2v) is 15.5. The van der Waals surface area contributed by atoms with Crippen molar-refractivity contribution in [2.75, 3.05) is 36.8 Å². The Morgan fingerprint density at radius 3 is 1.12 bits per heavy atom. The monoisotopic (exact) mass is 1010 g/mol. The Morgan fingerprint density at radius 1 is 0.478 bits per heavy atom. The van der Waals surface area contributed by atoms with E-state index in [9.17, 15) is 39.4 Å². The molecule has 2 fully saturated rings. The van der Waals surface area contributed by atoms with E-state index in [-0.39, 0.29) is 65.2 Å². The molecule has 21 heteroatoms. The maximum atomic E-state index is 12.8. The Bertz CT molecular complexity index is 2160. The number of amides is 4. The van der Waals surface area contributed by atoms with Gasteiger partial charge in [-0.1, -0.05) is 60.7 Å². The zero-order valence-electron chi connectivity index (χ0n) is 36.7. The van der Waals surface area contributed by atoms with Crippen molar-refractivity contribution in [3.8, 4) is 0 Å². The third-order valence-corrected chi connectivity index (χ3v) is 10.2. The topological polar surface area (TPSA) is 251 Å². The Morgan fingerprint density at radius 2 is 0.797 bits per heavy atom. The zero-order chi connectivity index (χ0) is 48.7. The summed E-state index contributed by atoms with van der Waals surface area (Å²) in [7, 11) is 0. The average Bonchev–Trinajstić information content (AvgIpc) is 4.09. The molecule has 0 spiro atoms. The molecule has 6 rings (SSSR count). The Balaban J connectivity index is 0.000000296. The van der Waals surface area contributed by atoms with E-state index in [1.54, 1.807) is 75.6 Å². The van der Waals surface area contributed by atoms with Crippen molar-refractivity contribution in [2.24, 2.45) is 0 Å². The van der Waals surface area contributed by atoms with E-state index in [2.05, 4.69) is 42.5 Å². The fourth-order valence-corrected chi connectivity index (χ4v) is 6.75. The van der Waals surface area contributed by atoms with Crippen LogP contribution >= 0.6 is 24.4 Å². The second kappa shape index (κ2) is 29.4. The van der Waals surface area contributed by atoms with Gasteiger partial charge in [0.25, 0.3) is 11.4 Å². The molecule has 0 saturated heterocycles.